The Hall–Kier alpha value is 0.220. The second-order valence-electron chi connectivity index (χ2n) is 6.39. The van der Waals surface area contributed by atoms with Gasteiger partial charge in [0.05, 0.1) is 0 Å². The third kappa shape index (κ3) is 13.2. The molecule has 0 amide bonds. The maximum Gasteiger partial charge on any atom is 0.0215 e. The molecule has 23 heavy (non-hydrogen) atoms. The molecule has 0 aliphatic heterocycles. The third-order valence-corrected chi connectivity index (χ3v) is 6.39. The van der Waals surface area contributed by atoms with Crippen LogP contribution in [-0.4, -0.2) is 28.0 Å². The first kappa shape index (κ1) is 23.2. The molecule has 0 rings (SSSR count). The zero-order chi connectivity index (χ0) is 17.5. The summed E-state index contributed by atoms with van der Waals surface area (Å²) in [5.41, 5.74) is 0. The van der Waals surface area contributed by atoms with E-state index in [0.29, 0.717) is 32.1 Å². The Morgan fingerprint density at radius 2 is 0.957 bits per heavy atom. The average molecular weight is 367 g/mol. The van der Waals surface area contributed by atoms with Crippen LogP contribution in [0.1, 0.15) is 97.3 Å². The van der Waals surface area contributed by atoms with Gasteiger partial charge in [-0.1, -0.05) is 93.8 Å². The molecule has 0 saturated heterocycles. The predicted molar refractivity (Wildman–Crippen MR) is 96.8 cm³/mol. The van der Waals surface area contributed by atoms with Crippen molar-refractivity contribution in [3.63, 3.8) is 0 Å². The van der Waals surface area contributed by atoms with Gasteiger partial charge in [-0.05, 0) is 25.7 Å². The molecule has 0 heterocycles. The van der Waals surface area contributed by atoms with E-state index >= 15 is 0 Å². The molecule has 4 unspecified atom stereocenters. The summed E-state index contributed by atoms with van der Waals surface area (Å²) < 4.78 is 45.2. The van der Waals surface area contributed by atoms with Crippen molar-refractivity contribution in [3.8, 4) is 0 Å². The Bertz CT molecular complexity index is 294. The number of hydrogen-bond donors (Lipinski definition) is 0. The molecule has 0 aliphatic rings. The zero-order valence-corrected chi connectivity index (χ0v) is 16.4. The van der Waals surface area contributed by atoms with Crippen molar-refractivity contribution < 1.29 is 17.5 Å². The topological polar surface area (TPSA) is 80.3 Å². The highest BCUT2D eigenvalue weighted by Gasteiger charge is 2.13. The lowest BCUT2D eigenvalue weighted by atomic mass is 10.0. The number of hydrogen-bond acceptors (Lipinski definition) is 4. The van der Waals surface area contributed by atoms with Gasteiger partial charge in [-0.2, -0.15) is 0 Å². The minimum atomic E-state index is -2.05. The highest BCUT2D eigenvalue weighted by atomic mass is 32.2. The highest BCUT2D eigenvalue weighted by Crippen LogP contribution is 2.19. The van der Waals surface area contributed by atoms with Crippen LogP contribution >= 0.6 is 0 Å². The molecule has 0 fully saturated rings. The molecule has 0 radical (unpaired) electrons. The van der Waals surface area contributed by atoms with Gasteiger partial charge in [0.2, 0.25) is 0 Å². The van der Waals surface area contributed by atoms with Crippen LogP contribution in [0.3, 0.4) is 0 Å². The van der Waals surface area contributed by atoms with Crippen molar-refractivity contribution in [2.45, 2.75) is 108 Å². The van der Waals surface area contributed by atoms with Crippen LogP contribution in [0.5, 0.6) is 0 Å². The maximum absolute atomic E-state index is 11.3. The summed E-state index contributed by atoms with van der Waals surface area (Å²) in [4.78, 5) is 0. The lowest BCUT2D eigenvalue weighted by molar-refractivity contribution is 0.473. The second-order valence-corrected chi connectivity index (χ2v) is 8.77. The molecule has 0 N–H and O–H groups in total. The first-order valence-electron chi connectivity index (χ1n) is 9.19. The highest BCUT2D eigenvalue weighted by molar-refractivity contribution is 7.80. The Morgan fingerprint density at radius 1 is 0.609 bits per heavy atom. The largest absolute Gasteiger partial charge is 0.772 e. The van der Waals surface area contributed by atoms with Gasteiger partial charge in [0, 0.05) is 10.5 Å². The molecule has 4 atom stereocenters. The summed E-state index contributed by atoms with van der Waals surface area (Å²) in [6.45, 7) is 4.26. The molecule has 0 saturated carbocycles. The fourth-order valence-corrected chi connectivity index (χ4v) is 4.28. The van der Waals surface area contributed by atoms with Crippen LogP contribution in [-0.2, 0) is 22.2 Å². The first-order chi connectivity index (χ1) is 11.0. The van der Waals surface area contributed by atoms with E-state index in [4.69, 9.17) is 0 Å². The molecule has 140 valence electrons. The summed E-state index contributed by atoms with van der Waals surface area (Å²) in [7, 11) is 0. The molecule has 6 heteroatoms. The van der Waals surface area contributed by atoms with Crippen LogP contribution < -0.4 is 0 Å². The van der Waals surface area contributed by atoms with Crippen molar-refractivity contribution in [2.24, 2.45) is 0 Å². The van der Waals surface area contributed by atoms with Gasteiger partial charge in [-0.3, -0.25) is 8.42 Å². The van der Waals surface area contributed by atoms with Crippen molar-refractivity contribution >= 4 is 22.2 Å². The number of unbranched alkanes of at least 4 members (excludes halogenated alkanes) is 6. The fraction of sp³-hybridized carbons (Fsp3) is 1.00. The Labute approximate surface area is 147 Å². The van der Waals surface area contributed by atoms with E-state index < -0.39 is 22.2 Å². The molecular weight excluding hydrogens is 332 g/mol. The lowest BCUT2D eigenvalue weighted by Crippen LogP contribution is -2.18. The van der Waals surface area contributed by atoms with Gasteiger partial charge in [0.25, 0.3) is 0 Å². The van der Waals surface area contributed by atoms with E-state index in [9.17, 15) is 17.5 Å². The van der Waals surface area contributed by atoms with Crippen LogP contribution in [0.15, 0.2) is 0 Å². The summed E-state index contributed by atoms with van der Waals surface area (Å²) >= 11 is -4.09. The van der Waals surface area contributed by atoms with Gasteiger partial charge in [0.15, 0.2) is 0 Å². The standard InChI is InChI=1S/C17H36O4S2/c1-3-5-7-9-12-16(22(18)19)14-11-15-17(23(20)21)13-10-8-6-4-2/h16-17H,3-15H2,1-2H3,(H,18,19)(H,20,21)/p-2. The van der Waals surface area contributed by atoms with Crippen LogP contribution in [0.25, 0.3) is 0 Å². The number of rotatable bonds is 16. The summed E-state index contributed by atoms with van der Waals surface area (Å²) in [5, 5.41) is -0.625. The van der Waals surface area contributed by atoms with Crippen molar-refractivity contribution in [1.82, 2.24) is 0 Å². The molecule has 0 aliphatic carbocycles. The minimum absolute atomic E-state index is 0.312. The third-order valence-electron chi connectivity index (χ3n) is 4.36. The maximum atomic E-state index is 11.3. The van der Waals surface area contributed by atoms with E-state index in [0.717, 1.165) is 51.4 Å². The van der Waals surface area contributed by atoms with E-state index in [1.165, 1.54) is 0 Å². The smallest absolute Gasteiger partial charge is 0.0215 e. The van der Waals surface area contributed by atoms with Crippen molar-refractivity contribution in [2.75, 3.05) is 0 Å². The molecule has 0 bridgehead atoms. The van der Waals surface area contributed by atoms with Crippen molar-refractivity contribution in [3.05, 3.63) is 0 Å². The summed E-state index contributed by atoms with van der Waals surface area (Å²) in [6.07, 6.45) is 11.9. The monoisotopic (exact) mass is 366 g/mol. The van der Waals surface area contributed by atoms with Crippen molar-refractivity contribution in [1.29, 1.82) is 0 Å². The van der Waals surface area contributed by atoms with Gasteiger partial charge in [-0.25, -0.2) is 0 Å². The molecule has 0 aromatic heterocycles. The van der Waals surface area contributed by atoms with E-state index in [1.54, 1.807) is 0 Å². The van der Waals surface area contributed by atoms with Gasteiger partial charge in [-0.15, -0.1) is 0 Å². The lowest BCUT2D eigenvalue weighted by Gasteiger charge is -2.23. The van der Waals surface area contributed by atoms with E-state index in [2.05, 4.69) is 13.8 Å². The molecule has 4 nitrogen and oxygen atoms in total. The average Bonchev–Trinajstić information content (AvgIpc) is 2.51. The Balaban J connectivity index is 4.05. The van der Waals surface area contributed by atoms with Gasteiger partial charge < -0.3 is 9.11 Å². The molecule has 0 spiro atoms. The SMILES string of the molecule is CCCCCCC(CCCC(CCCCCC)S(=O)[O-])S(=O)[O-]. The Morgan fingerprint density at radius 3 is 1.26 bits per heavy atom. The Kier molecular flexibility index (Phi) is 15.9. The van der Waals surface area contributed by atoms with Crippen LogP contribution in [0.4, 0.5) is 0 Å². The summed E-state index contributed by atoms with van der Waals surface area (Å²) in [6, 6.07) is 0. The normalized spacial score (nSPS) is 16.9. The van der Waals surface area contributed by atoms with Crippen LogP contribution in [0, 0.1) is 0 Å². The fourth-order valence-electron chi connectivity index (χ4n) is 2.84. The molecule has 0 aromatic carbocycles. The van der Waals surface area contributed by atoms with Gasteiger partial charge in [0.1, 0.15) is 0 Å². The minimum Gasteiger partial charge on any atom is -0.772 e. The quantitative estimate of drug-likeness (QED) is 0.295. The van der Waals surface area contributed by atoms with Gasteiger partial charge >= 0.3 is 0 Å². The van der Waals surface area contributed by atoms with Crippen LogP contribution in [0.2, 0.25) is 0 Å². The predicted octanol–water partition coefficient (Wildman–Crippen LogP) is 4.59. The van der Waals surface area contributed by atoms with E-state index in [-0.39, 0.29) is 10.5 Å². The summed E-state index contributed by atoms with van der Waals surface area (Å²) in [5.74, 6) is 0. The molecule has 0 aromatic rings. The van der Waals surface area contributed by atoms with E-state index in [1.807, 2.05) is 0 Å². The molecular formula is C17H34O4S2-2. The zero-order valence-electron chi connectivity index (χ0n) is 14.8. The first-order valence-corrected chi connectivity index (χ1v) is 11.5. The second kappa shape index (κ2) is 15.7.